The lowest BCUT2D eigenvalue weighted by Gasteiger charge is -2.22. The molecular formula is C45H32. The second-order valence-electron chi connectivity index (χ2n) is 13.0. The molecule has 9 rings (SSSR count). The van der Waals surface area contributed by atoms with Crippen molar-refractivity contribution in [1.29, 1.82) is 0 Å². The summed E-state index contributed by atoms with van der Waals surface area (Å²) in [5, 5.41) is 7.74. The van der Waals surface area contributed by atoms with Crippen LogP contribution in [0.2, 0.25) is 0 Å². The Morgan fingerprint density at radius 2 is 0.800 bits per heavy atom. The Balaban J connectivity index is 1.08. The van der Waals surface area contributed by atoms with Gasteiger partial charge in [0.25, 0.3) is 0 Å². The predicted molar refractivity (Wildman–Crippen MR) is 193 cm³/mol. The Morgan fingerprint density at radius 1 is 0.311 bits per heavy atom. The lowest BCUT2D eigenvalue weighted by molar-refractivity contribution is 0.661. The van der Waals surface area contributed by atoms with E-state index in [0.29, 0.717) is 0 Å². The van der Waals surface area contributed by atoms with Crippen molar-refractivity contribution in [2.24, 2.45) is 0 Å². The first-order valence-electron chi connectivity index (χ1n) is 15.8. The number of fused-ring (bicyclic) bond motifs is 7. The molecule has 1 aliphatic rings. The van der Waals surface area contributed by atoms with Gasteiger partial charge in [-0.3, -0.25) is 0 Å². The minimum atomic E-state index is -0.0858. The second-order valence-corrected chi connectivity index (χ2v) is 13.0. The summed E-state index contributed by atoms with van der Waals surface area (Å²) in [6, 6.07) is 58.4. The molecule has 0 heterocycles. The molecule has 0 aliphatic heterocycles. The van der Waals surface area contributed by atoms with Gasteiger partial charge in [0, 0.05) is 5.41 Å². The largest absolute Gasteiger partial charge is 0.0616 e. The molecule has 0 radical (unpaired) electrons. The van der Waals surface area contributed by atoms with Crippen molar-refractivity contribution in [3.8, 4) is 44.5 Å². The van der Waals surface area contributed by atoms with Crippen LogP contribution in [0.25, 0.3) is 76.8 Å². The molecule has 0 bridgehead atoms. The van der Waals surface area contributed by atoms with Gasteiger partial charge in [-0.1, -0.05) is 147 Å². The zero-order valence-corrected chi connectivity index (χ0v) is 25.5. The van der Waals surface area contributed by atoms with Crippen molar-refractivity contribution >= 4 is 32.3 Å². The first kappa shape index (κ1) is 26.0. The molecule has 0 fully saturated rings. The van der Waals surface area contributed by atoms with Crippen molar-refractivity contribution in [2.75, 3.05) is 0 Å². The fourth-order valence-corrected chi connectivity index (χ4v) is 7.60. The van der Waals surface area contributed by atoms with E-state index in [0.717, 1.165) is 0 Å². The van der Waals surface area contributed by atoms with Crippen molar-refractivity contribution in [2.45, 2.75) is 19.3 Å². The van der Waals surface area contributed by atoms with Gasteiger partial charge in [0.15, 0.2) is 0 Å². The van der Waals surface area contributed by atoms with Crippen LogP contribution in [0.5, 0.6) is 0 Å². The van der Waals surface area contributed by atoms with Gasteiger partial charge in [-0.25, -0.2) is 0 Å². The van der Waals surface area contributed by atoms with E-state index in [-0.39, 0.29) is 5.41 Å². The Kier molecular flexibility index (Phi) is 5.64. The van der Waals surface area contributed by atoms with Gasteiger partial charge in [-0.15, -0.1) is 0 Å². The first-order valence-corrected chi connectivity index (χ1v) is 15.8. The lowest BCUT2D eigenvalue weighted by atomic mass is 9.80. The zero-order valence-electron chi connectivity index (χ0n) is 25.5. The summed E-state index contributed by atoms with van der Waals surface area (Å²) in [6.45, 7) is 4.75. The van der Waals surface area contributed by atoms with Crippen LogP contribution in [-0.4, -0.2) is 0 Å². The monoisotopic (exact) mass is 572 g/mol. The number of hydrogen-bond donors (Lipinski definition) is 0. The van der Waals surface area contributed by atoms with Crippen LogP contribution in [0.1, 0.15) is 25.0 Å². The van der Waals surface area contributed by atoms with Crippen molar-refractivity contribution in [3.63, 3.8) is 0 Å². The maximum absolute atomic E-state index is 2.42. The van der Waals surface area contributed by atoms with Gasteiger partial charge in [0.2, 0.25) is 0 Å². The van der Waals surface area contributed by atoms with Gasteiger partial charge >= 0.3 is 0 Å². The number of rotatable bonds is 3. The highest BCUT2D eigenvalue weighted by Crippen LogP contribution is 2.50. The van der Waals surface area contributed by atoms with E-state index in [1.807, 2.05) is 0 Å². The summed E-state index contributed by atoms with van der Waals surface area (Å²) in [5.41, 5.74) is 13.0. The Labute approximate surface area is 264 Å². The van der Waals surface area contributed by atoms with E-state index in [2.05, 4.69) is 172 Å². The summed E-state index contributed by atoms with van der Waals surface area (Å²) in [4.78, 5) is 0. The second kappa shape index (κ2) is 9.78. The Bertz CT molecular complexity index is 2440. The summed E-state index contributed by atoms with van der Waals surface area (Å²) in [6.07, 6.45) is 0. The van der Waals surface area contributed by atoms with Crippen LogP contribution in [0, 0.1) is 0 Å². The molecule has 0 atom stereocenters. The molecule has 0 amide bonds. The normalized spacial score (nSPS) is 13.3. The van der Waals surface area contributed by atoms with Crippen LogP contribution < -0.4 is 0 Å². The van der Waals surface area contributed by atoms with Gasteiger partial charge in [-0.05, 0) is 112 Å². The number of benzene rings is 8. The zero-order chi connectivity index (χ0) is 30.1. The highest BCUT2D eigenvalue weighted by Gasteiger charge is 2.35. The fraction of sp³-hybridized carbons (Fsp3) is 0.0667. The third kappa shape index (κ3) is 4.06. The molecule has 0 spiro atoms. The van der Waals surface area contributed by atoms with Crippen molar-refractivity contribution in [1.82, 2.24) is 0 Å². The van der Waals surface area contributed by atoms with Crippen LogP contribution >= 0.6 is 0 Å². The van der Waals surface area contributed by atoms with E-state index < -0.39 is 0 Å². The van der Waals surface area contributed by atoms with E-state index in [4.69, 9.17) is 0 Å². The Morgan fingerprint density at radius 3 is 1.51 bits per heavy atom. The Hall–Kier alpha value is -5.46. The van der Waals surface area contributed by atoms with E-state index in [1.54, 1.807) is 0 Å². The summed E-state index contributed by atoms with van der Waals surface area (Å²) in [5.74, 6) is 0. The third-order valence-electron chi connectivity index (χ3n) is 10.1. The van der Waals surface area contributed by atoms with Crippen LogP contribution in [0.3, 0.4) is 0 Å². The molecule has 0 nitrogen and oxygen atoms in total. The maximum Gasteiger partial charge on any atom is 0.0159 e. The molecule has 212 valence electrons. The highest BCUT2D eigenvalue weighted by atomic mass is 14.4. The minimum Gasteiger partial charge on any atom is -0.0616 e. The fourth-order valence-electron chi connectivity index (χ4n) is 7.60. The lowest BCUT2D eigenvalue weighted by Crippen LogP contribution is -2.15. The molecule has 0 N–H and O–H groups in total. The van der Waals surface area contributed by atoms with Gasteiger partial charge in [0.1, 0.15) is 0 Å². The first-order chi connectivity index (χ1) is 22.0. The SMILES string of the molecule is CC1(C)c2cc(-c3ccc(-c4cc5ccccc5c5ccccc45)cc3)ccc2-c2ccc(-c3ccc4ccccc4c3)cc21. The summed E-state index contributed by atoms with van der Waals surface area (Å²) >= 11 is 0. The van der Waals surface area contributed by atoms with Gasteiger partial charge in [-0.2, -0.15) is 0 Å². The molecule has 0 saturated heterocycles. The molecule has 45 heavy (non-hydrogen) atoms. The topological polar surface area (TPSA) is 0 Å². The standard InChI is InChI=1S/C45H32/c1-45(2)43-27-34(21-23-40(43)41-24-22-35(28-44(41)45)33-20-17-29-9-3-4-10-32(29)25-33)30-15-18-31(19-16-30)42-26-36-11-5-6-12-37(36)38-13-7-8-14-39(38)42/h3-28H,1-2H3. The van der Waals surface area contributed by atoms with E-state index in [1.165, 1.54) is 88.0 Å². The van der Waals surface area contributed by atoms with Crippen molar-refractivity contribution in [3.05, 3.63) is 169 Å². The molecule has 8 aromatic carbocycles. The van der Waals surface area contributed by atoms with Crippen LogP contribution in [0.4, 0.5) is 0 Å². The average molecular weight is 573 g/mol. The summed E-state index contributed by atoms with van der Waals surface area (Å²) < 4.78 is 0. The molecule has 0 aromatic heterocycles. The van der Waals surface area contributed by atoms with E-state index in [9.17, 15) is 0 Å². The molecule has 0 unspecified atom stereocenters. The molecule has 0 saturated carbocycles. The van der Waals surface area contributed by atoms with Crippen LogP contribution in [-0.2, 0) is 5.41 Å². The molecule has 0 heteroatoms. The van der Waals surface area contributed by atoms with Gasteiger partial charge < -0.3 is 0 Å². The third-order valence-corrected chi connectivity index (χ3v) is 10.1. The quantitative estimate of drug-likeness (QED) is 0.185. The van der Waals surface area contributed by atoms with Crippen molar-refractivity contribution < 1.29 is 0 Å². The molecular weight excluding hydrogens is 540 g/mol. The minimum absolute atomic E-state index is 0.0858. The van der Waals surface area contributed by atoms with Gasteiger partial charge in [0.05, 0.1) is 0 Å². The molecule has 8 aromatic rings. The highest BCUT2D eigenvalue weighted by molar-refractivity contribution is 6.13. The number of hydrogen-bond acceptors (Lipinski definition) is 0. The smallest absolute Gasteiger partial charge is 0.0159 e. The van der Waals surface area contributed by atoms with Crippen LogP contribution in [0.15, 0.2) is 158 Å². The van der Waals surface area contributed by atoms with E-state index >= 15 is 0 Å². The molecule has 1 aliphatic carbocycles. The summed E-state index contributed by atoms with van der Waals surface area (Å²) in [7, 11) is 0. The average Bonchev–Trinajstić information content (AvgIpc) is 3.33. The predicted octanol–water partition coefficient (Wildman–Crippen LogP) is 12.5. The maximum atomic E-state index is 2.42.